The van der Waals surface area contributed by atoms with Gasteiger partial charge in [0, 0.05) is 17.2 Å². The maximum atomic E-state index is 13.8. The van der Waals surface area contributed by atoms with Crippen molar-refractivity contribution in [3.8, 4) is 5.75 Å². The summed E-state index contributed by atoms with van der Waals surface area (Å²) in [4.78, 5) is 40.8. The number of rotatable bonds is 12. The fourth-order valence-electron chi connectivity index (χ4n) is 3.94. The molecule has 2 unspecified atom stereocenters. The quantitative estimate of drug-likeness (QED) is 0.180. The van der Waals surface area contributed by atoms with Gasteiger partial charge >= 0.3 is 0 Å². The van der Waals surface area contributed by atoms with Crippen LogP contribution in [0, 0.1) is 17.7 Å². The molecule has 36 heavy (non-hydrogen) atoms. The zero-order valence-corrected chi connectivity index (χ0v) is 20.9. The van der Waals surface area contributed by atoms with Gasteiger partial charge in [0.25, 0.3) is 0 Å². The van der Waals surface area contributed by atoms with Gasteiger partial charge in [-0.05, 0) is 60.5 Å². The average molecular weight is 490 g/mol. The molecule has 0 aromatic heterocycles. The van der Waals surface area contributed by atoms with Gasteiger partial charge in [-0.25, -0.2) is 4.39 Å². The molecule has 0 aliphatic carbocycles. The largest absolute Gasteiger partial charge is 0.494 e. The van der Waals surface area contributed by atoms with E-state index in [-0.39, 0.29) is 11.3 Å². The molecule has 0 heterocycles. The number of benzene rings is 3. The van der Waals surface area contributed by atoms with Gasteiger partial charge in [0.1, 0.15) is 23.3 Å². The summed E-state index contributed by atoms with van der Waals surface area (Å²) in [5.41, 5.74) is 1.25. The van der Waals surface area contributed by atoms with Crippen LogP contribution in [-0.4, -0.2) is 24.1 Å². The Morgan fingerprint density at radius 1 is 0.889 bits per heavy atom. The van der Waals surface area contributed by atoms with E-state index in [4.69, 9.17) is 4.74 Å². The molecule has 0 bridgehead atoms. The number of ketones is 2. The van der Waals surface area contributed by atoms with Crippen LogP contribution in [0.1, 0.15) is 55.5 Å². The average Bonchev–Trinajstić information content (AvgIpc) is 2.88. The van der Waals surface area contributed by atoms with Gasteiger partial charge in [0.15, 0.2) is 5.78 Å². The normalized spacial score (nSPS) is 12.6. The number of carbonyl (C=O) groups excluding carboxylic acids is 3. The highest BCUT2D eigenvalue weighted by atomic mass is 19.1. The number of amides is 1. The van der Waals surface area contributed by atoms with Crippen LogP contribution in [0.2, 0.25) is 0 Å². The molecular weight excluding hydrogens is 457 g/mol. The van der Waals surface area contributed by atoms with Crippen LogP contribution in [0.4, 0.5) is 10.1 Å². The zero-order valence-electron chi connectivity index (χ0n) is 20.9. The Morgan fingerprint density at radius 2 is 1.53 bits per heavy atom. The molecule has 3 aromatic rings. The highest BCUT2D eigenvalue weighted by Crippen LogP contribution is 2.33. The predicted molar refractivity (Wildman–Crippen MR) is 139 cm³/mol. The molecule has 5 nitrogen and oxygen atoms in total. The number of ether oxygens (including phenoxy) is 1. The fraction of sp³-hybridized carbons (Fsp3) is 0.300. The smallest absolute Gasteiger partial charge is 0.236 e. The number of hydrogen-bond acceptors (Lipinski definition) is 4. The zero-order chi connectivity index (χ0) is 26.1. The number of Topliss-reactive ketones (excluding diaryl/α,β-unsaturated/α-hetero) is 2. The first kappa shape index (κ1) is 26.8. The molecule has 0 aliphatic rings. The second-order valence-corrected chi connectivity index (χ2v) is 9.01. The molecule has 3 rings (SSSR count). The van der Waals surface area contributed by atoms with Crippen LogP contribution >= 0.6 is 0 Å². The highest BCUT2D eigenvalue weighted by Gasteiger charge is 2.41. The molecule has 2 atom stereocenters. The van der Waals surface area contributed by atoms with Gasteiger partial charge in [0.2, 0.25) is 5.91 Å². The van der Waals surface area contributed by atoms with Crippen LogP contribution in [-0.2, 0) is 9.59 Å². The lowest BCUT2D eigenvalue weighted by Gasteiger charge is -2.26. The minimum Gasteiger partial charge on any atom is -0.494 e. The second kappa shape index (κ2) is 12.8. The van der Waals surface area contributed by atoms with E-state index in [0.29, 0.717) is 23.6 Å². The van der Waals surface area contributed by atoms with Crippen molar-refractivity contribution in [3.63, 3.8) is 0 Å². The Bertz CT molecular complexity index is 1160. The van der Waals surface area contributed by atoms with E-state index in [1.807, 2.05) is 6.07 Å². The van der Waals surface area contributed by atoms with Gasteiger partial charge < -0.3 is 10.1 Å². The van der Waals surface area contributed by atoms with Crippen molar-refractivity contribution in [3.05, 3.63) is 95.8 Å². The topological polar surface area (TPSA) is 72.5 Å². The third kappa shape index (κ3) is 6.87. The number of halogens is 1. The Morgan fingerprint density at radius 3 is 2.11 bits per heavy atom. The first-order valence-corrected chi connectivity index (χ1v) is 12.2. The number of nitrogens with one attached hydrogen (secondary N) is 1. The minimum atomic E-state index is -1.28. The summed E-state index contributed by atoms with van der Waals surface area (Å²) in [6.45, 7) is 6.05. The lowest BCUT2D eigenvalue weighted by molar-refractivity contribution is -0.133. The molecule has 0 saturated carbocycles. The van der Waals surface area contributed by atoms with Gasteiger partial charge in [-0.15, -0.1) is 0 Å². The lowest BCUT2D eigenvalue weighted by atomic mass is 9.75. The van der Waals surface area contributed by atoms with Crippen LogP contribution in [0.25, 0.3) is 0 Å². The summed E-state index contributed by atoms with van der Waals surface area (Å²) in [5, 5.41) is 2.79. The maximum Gasteiger partial charge on any atom is 0.236 e. The van der Waals surface area contributed by atoms with Crippen molar-refractivity contribution in [1.82, 2.24) is 0 Å². The summed E-state index contributed by atoms with van der Waals surface area (Å²) < 4.78 is 19.3. The van der Waals surface area contributed by atoms with Crippen LogP contribution in [0.5, 0.6) is 5.75 Å². The van der Waals surface area contributed by atoms with Gasteiger partial charge in [-0.3, -0.25) is 14.4 Å². The molecule has 1 N–H and O–H groups in total. The van der Waals surface area contributed by atoms with E-state index in [0.717, 1.165) is 12.8 Å². The molecule has 0 saturated heterocycles. The van der Waals surface area contributed by atoms with Crippen molar-refractivity contribution >= 4 is 23.2 Å². The monoisotopic (exact) mass is 489 g/mol. The Hall–Kier alpha value is -3.80. The second-order valence-electron chi connectivity index (χ2n) is 9.01. The molecule has 0 fully saturated rings. The molecule has 3 aromatic carbocycles. The predicted octanol–water partition coefficient (Wildman–Crippen LogP) is 6.45. The third-order valence-corrected chi connectivity index (χ3v) is 5.95. The molecular formula is C30H32FNO4. The Labute approximate surface area is 211 Å². The fourth-order valence-corrected chi connectivity index (χ4v) is 3.94. The van der Waals surface area contributed by atoms with Crippen molar-refractivity contribution < 1.29 is 23.5 Å². The van der Waals surface area contributed by atoms with E-state index in [9.17, 15) is 18.8 Å². The van der Waals surface area contributed by atoms with Crippen LogP contribution in [0.3, 0.4) is 0 Å². The molecule has 188 valence electrons. The minimum absolute atomic E-state index is 0.221. The van der Waals surface area contributed by atoms with E-state index >= 15 is 0 Å². The van der Waals surface area contributed by atoms with E-state index in [1.54, 1.807) is 62.4 Å². The van der Waals surface area contributed by atoms with Crippen molar-refractivity contribution in [2.75, 3.05) is 11.9 Å². The van der Waals surface area contributed by atoms with Gasteiger partial charge in [0.05, 0.1) is 12.5 Å². The Balaban J connectivity index is 2.05. The van der Waals surface area contributed by atoms with Crippen molar-refractivity contribution in [1.29, 1.82) is 0 Å². The maximum absolute atomic E-state index is 13.8. The van der Waals surface area contributed by atoms with Crippen LogP contribution in [0.15, 0.2) is 78.9 Å². The van der Waals surface area contributed by atoms with E-state index < -0.39 is 35.3 Å². The summed E-state index contributed by atoms with van der Waals surface area (Å²) in [6.07, 6.45) is 1.92. The number of anilines is 1. The molecule has 0 spiro atoms. The summed E-state index contributed by atoms with van der Waals surface area (Å²) in [7, 11) is 0. The summed E-state index contributed by atoms with van der Waals surface area (Å²) in [6, 6.07) is 20.8. The lowest BCUT2D eigenvalue weighted by Crippen LogP contribution is -2.40. The first-order chi connectivity index (χ1) is 17.3. The Kier molecular flexibility index (Phi) is 9.51. The molecule has 6 heteroatoms. The van der Waals surface area contributed by atoms with Crippen molar-refractivity contribution in [2.24, 2.45) is 11.8 Å². The summed E-state index contributed by atoms with van der Waals surface area (Å²) in [5.74, 6) is -4.06. The third-order valence-electron chi connectivity index (χ3n) is 5.95. The highest BCUT2D eigenvalue weighted by molar-refractivity contribution is 6.14. The van der Waals surface area contributed by atoms with E-state index in [1.165, 1.54) is 24.3 Å². The van der Waals surface area contributed by atoms with Crippen LogP contribution < -0.4 is 10.1 Å². The van der Waals surface area contributed by atoms with E-state index in [2.05, 4.69) is 12.2 Å². The molecule has 1 amide bonds. The number of unbranched alkanes of at least 4 members (excludes halogenated alkanes) is 1. The summed E-state index contributed by atoms with van der Waals surface area (Å²) >= 11 is 0. The number of hydrogen-bond donors (Lipinski definition) is 1. The number of carbonyl (C=O) groups is 3. The molecule has 0 radical (unpaired) electrons. The van der Waals surface area contributed by atoms with Crippen molar-refractivity contribution in [2.45, 2.75) is 39.5 Å². The van der Waals surface area contributed by atoms with Gasteiger partial charge in [-0.1, -0.05) is 57.5 Å². The number of para-hydroxylation sites is 1. The first-order valence-electron chi connectivity index (χ1n) is 12.2. The van der Waals surface area contributed by atoms with Gasteiger partial charge in [-0.2, -0.15) is 0 Å². The SMILES string of the molecule is CCCCOc1ccc(C(C(=O)c2ccc(F)cc2)C(C(=O)Nc2ccccc2)C(=O)C(C)C)cc1. The molecule has 0 aliphatic heterocycles. The standard InChI is InChI=1S/C30H32FNO4/c1-4-5-19-36-25-17-13-21(14-18-25)26(29(34)22-11-15-23(31)16-12-22)27(28(33)20(2)3)30(35)32-24-9-7-6-8-10-24/h6-18,20,26-27H,4-5,19H2,1-3H3,(H,32,35).